The van der Waals surface area contributed by atoms with Gasteiger partial charge in [-0.15, -0.1) is 0 Å². The van der Waals surface area contributed by atoms with E-state index in [9.17, 15) is 9.90 Å². The molecule has 0 aromatic heterocycles. The van der Waals surface area contributed by atoms with Gasteiger partial charge in [-0.05, 0) is 5.56 Å². The van der Waals surface area contributed by atoms with E-state index in [0.29, 0.717) is 13.0 Å². The Morgan fingerprint density at radius 2 is 2.22 bits per heavy atom. The van der Waals surface area contributed by atoms with Crippen LogP contribution in [0.15, 0.2) is 30.3 Å². The SMILES string of the molecule is NC(C(=O)NCC1(O)CCOC1)c1ccccc1. The van der Waals surface area contributed by atoms with Gasteiger partial charge >= 0.3 is 0 Å². The summed E-state index contributed by atoms with van der Waals surface area (Å²) in [6, 6.07) is 8.43. The summed E-state index contributed by atoms with van der Waals surface area (Å²) in [4.78, 5) is 11.9. The lowest BCUT2D eigenvalue weighted by Gasteiger charge is -2.22. The molecule has 5 nitrogen and oxygen atoms in total. The molecule has 1 saturated heterocycles. The van der Waals surface area contributed by atoms with Crippen LogP contribution in [0.3, 0.4) is 0 Å². The van der Waals surface area contributed by atoms with E-state index in [2.05, 4.69) is 5.32 Å². The molecule has 0 spiro atoms. The van der Waals surface area contributed by atoms with Crippen LogP contribution in [0.1, 0.15) is 18.0 Å². The second-order valence-electron chi connectivity index (χ2n) is 4.63. The van der Waals surface area contributed by atoms with E-state index in [1.165, 1.54) is 0 Å². The van der Waals surface area contributed by atoms with Crippen LogP contribution in [0, 0.1) is 0 Å². The number of ether oxygens (including phenoxy) is 1. The second-order valence-corrected chi connectivity index (χ2v) is 4.63. The molecule has 0 radical (unpaired) electrons. The number of benzene rings is 1. The maximum atomic E-state index is 11.9. The Bertz CT molecular complexity index is 402. The summed E-state index contributed by atoms with van der Waals surface area (Å²) in [5.41, 5.74) is 5.64. The summed E-state index contributed by atoms with van der Waals surface area (Å²) in [6.45, 7) is 0.956. The van der Waals surface area contributed by atoms with E-state index >= 15 is 0 Å². The lowest BCUT2D eigenvalue weighted by molar-refractivity contribution is -0.123. The van der Waals surface area contributed by atoms with Gasteiger partial charge in [-0.1, -0.05) is 30.3 Å². The minimum atomic E-state index is -0.952. The quantitative estimate of drug-likeness (QED) is 0.699. The van der Waals surface area contributed by atoms with Crippen LogP contribution in [0.5, 0.6) is 0 Å². The second kappa shape index (κ2) is 5.48. The van der Waals surface area contributed by atoms with Crippen LogP contribution in [0.2, 0.25) is 0 Å². The maximum Gasteiger partial charge on any atom is 0.241 e. The molecule has 4 N–H and O–H groups in total. The number of aliphatic hydroxyl groups is 1. The van der Waals surface area contributed by atoms with Gasteiger partial charge in [0.1, 0.15) is 11.6 Å². The molecule has 18 heavy (non-hydrogen) atoms. The molecule has 0 saturated carbocycles. The van der Waals surface area contributed by atoms with Crippen molar-refractivity contribution in [3.05, 3.63) is 35.9 Å². The largest absolute Gasteiger partial charge is 0.386 e. The lowest BCUT2D eigenvalue weighted by Crippen LogP contribution is -2.46. The van der Waals surface area contributed by atoms with Gasteiger partial charge in [0.05, 0.1) is 6.61 Å². The standard InChI is InChI=1S/C13H18N2O3/c14-11(10-4-2-1-3-5-10)12(16)15-8-13(17)6-7-18-9-13/h1-5,11,17H,6-9,14H2,(H,15,16). The first kappa shape index (κ1) is 13.0. The highest BCUT2D eigenvalue weighted by atomic mass is 16.5. The van der Waals surface area contributed by atoms with Crippen molar-refractivity contribution in [1.29, 1.82) is 0 Å². The molecule has 98 valence electrons. The zero-order chi connectivity index (χ0) is 13.0. The molecular weight excluding hydrogens is 232 g/mol. The third kappa shape index (κ3) is 3.07. The first-order valence-electron chi connectivity index (χ1n) is 5.99. The predicted molar refractivity (Wildman–Crippen MR) is 66.8 cm³/mol. The Morgan fingerprint density at radius 1 is 1.50 bits per heavy atom. The number of nitrogens with two attached hydrogens (primary N) is 1. The molecule has 5 heteroatoms. The molecule has 1 amide bonds. The number of amides is 1. The number of carbonyl (C=O) groups is 1. The molecule has 1 aliphatic heterocycles. The highest BCUT2D eigenvalue weighted by molar-refractivity contribution is 5.82. The Kier molecular flexibility index (Phi) is 3.96. The molecule has 1 heterocycles. The summed E-state index contributed by atoms with van der Waals surface area (Å²) < 4.78 is 5.10. The number of rotatable bonds is 4. The summed E-state index contributed by atoms with van der Waals surface area (Å²) in [5.74, 6) is -0.290. The summed E-state index contributed by atoms with van der Waals surface area (Å²) >= 11 is 0. The van der Waals surface area contributed by atoms with E-state index < -0.39 is 11.6 Å². The third-order valence-electron chi connectivity index (χ3n) is 3.12. The van der Waals surface area contributed by atoms with Crippen molar-refractivity contribution in [2.45, 2.75) is 18.1 Å². The van der Waals surface area contributed by atoms with E-state index in [1.54, 1.807) is 12.1 Å². The van der Waals surface area contributed by atoms with Gasteiger partial charge < -0.3 is 20.9 Å². The smallest absolute Gasteiger partial charge is 0.241 e. The van der Waals surface area contributed by atoms with Crippen molar-refractivity contribution in [1.82, 2.24) is 5.32 Å². The maximum absolute atomic E-state index is 11.9. The van der Waals surface area contributed by atoms with E-state index in [4.69, 9.17) is 10.5 Å². The van der Waals surface area contributed by atoms with E-state index in [0.717, 1.165) is 5.56 Å². The fourth-order valence-electron chi connectivity index (χ4n) is 1.91. The third-order valence-corrected chi connectivity index (χ3v) is 3.12. The molecule has 1 aromatic carbocycles. The number of hydrogen-bond donors (Lipinski definition) is 3. The fraction of sp³-hybridized carbons (Fsp3) is 0.462. The summed E-state index contributed by atoms with van der Waals surface area (Å²) in [6.07, 6.45) is 0.536. The first-order chi connectivity index (χ1) is 8.61. The fourth-order valence-corrected chi connectivity index (χ4v) is 1.91. The first-order valence-corrected chi connectivity index (χ1v) is 5.99. The number of hydrogen-bond acceptors (Lipinski definition) is 4. The van der Waals surface area contributed by atoms with Crippen molar-refractivity contribution < 1.29 is 14.6 Å². The Morgan fingerprint density at radius 3 is 2.83 bits per heavy atom. The van der Waals surface area contributed by atoms with Crippen LogP contribution >= 0.6 is 0 Å². The number of carbonyl (C=O) groups excluding carboxylic acids is 1. The van der Waals surface area contributed by atoms with Gasteiger partial charge in [-0.3, -0.25) is 4.79 Å². The van der Waals surface area contributed by atoms with Crippen molar-refractivity contribution >= 4 is 5.91 Å². The lowest BCUT2D eigenvalue weighted by atomic mass is 10.0. The van der Waals surface area contributed by atoms with E-state index in [1.807, 2.05) is 18.2 Å². The Hall–Kier alpha value is -1.43. The van der Waals surface area contributed by atoms with Crippen molar-refractivity contribution in [2.24, 2.45) is 5.73 Å². The van der Waals surface area contributed by atoms with Crippen molar-refractivity contribution in [3.63, 3.8) is 0 Å². The minimum absolute atomic E-state index is 0.173. The molecule has 1 fully saturated rings. The molecule has 2 atom stereocenters. The van der Waals surface area contributed by atoms with Crippen LogP contribution < -0.4 is 11.1 Å². The van der Waals surface area contributed by atoms with Crippen molar-refractivity contribution in [3.8, 4) is 0 Å². The van der Waals surface area contributed by atoms with Gasteiger partial charge in [-0.25, -0.2) is 0 Å². The van der Waals surface area contributed by atoms with Crippen LogP contribution in [0.25, 0.3) is 0 Å². The van der Waals surface area contributed by atoms with Gasteiger partial charge in [-0.2, -0.15) is 0 Å². The van der Waals surface area contributed by atoms with Crippen LogP contribution in [-0.2, 0) is 9.53 Å². The molecule has 2 rings (SSSR count). The highest BCUT2D eigenvalue weighted by Crippen LogP contribution is 2.17. The Balaban J connectivity index is 1.88. The van der Waals surface area contributed by atoms with Gasteiger partial charge in [0.2, 0.25) is 5.91 Å². The van der Waals surface area contributed by atoms with Crippen LogP contribution in [-0.4, -0.2) is 36.4 Å². The minimum Gasteiger partial charge on any atom is -0.386 e. The molecular formula is C13H18N2O3. The average molecular weight is 250 g/mol. The van der Waals surface area contributed by atoms with Gasteiger partial charge in [0.15, 0.2) is 0 Å². The zero-order valence-corrected chi connectivity index (χ0v) is 10.1. The van der Waals surface area contributed by atoms with Gasteiger partial charge in [0.25, 0.3) is 0 Å². The van der Waals surface area contributed by atoms with Crippen molar-refractivity contribution in [2.75, 3.05) is 19.8 Å². The topological polar surface area (TPSA) is 84.6 Å². The molecule has 0 aliphatic carbocycles. The predicted octanol–water partition coefficient (Wildman–Crippen LogP) is -0.0460. The summed E-state index contributed by atoms with van der Waals surface area (Å²) in [5, 5.41) is 12.7. The normalized spacial score (nSPS) is 24.8. The monoisotopic (exact) mass is 250 g/mol. The van der Waals surface area contributed by atoms with Gasteiger partial charge in [0, 0.05) is 19.6 Å². The molecule has 2 unspecified atom stereocenters. The van der Waals surface area contributed by atoms with Crippen LogP contribution in [0.4, 0.5) is 0 Å². The highest BCUT2D eigenvalue weighted by Gasteiger charge is 2.33. The zero-order valence-electron chi connectivity index (χ0n) is 10.1. The molecule has 1 aromatic rings. The molecule has 1 aliphatic rings. The average Bonchev–Trinajstić information content (AvgIpc) is 2.83. The Labute approximate surface area is 106 Å². The molecule has 0 bridgehead atoms. The van der Waals surface area contributed by atoms with E-state index in [-0.39, 0.29) is 19.1 Å². The summed E-state index contributed by atoms with van der Waals surface area (Å²) in [7, 11) is 0. The number of nitrogens with one attached hydrogen (secondary N) is 1.